The Balaban J connectivity index is 1.47. The molecule has 25 heavy (non-hydrogen) atoms. The highest BCUT2D eigenvalue weighted by Crippen LogP contribution is 2.15. The number of carboxylic acids is 1. The zero-order chi connectivity index (χ0) is 17.6. The third-order valence-corrected chi connectivity index (χ3v) is 4.15. The van der Waals surface area contributed by atoms with Crippen LogP contribution in [0.5, 0.6) is 0 Å². The number of nitrogens with zero attached hydrogens (tertiary/aromatic N) is 5. The van der Waals surface area contributed by atoms with Crippen molar-refractivity contribution in [2.24, 2.45) is 0 Å². The van der Waals surface area contributed by atoms with Crippen molar-refractivity contribution in [3.8, 4) is 0 Å². The van der Waals surface area contributed by atoms with Gasteiger partial charge in [-0.1, -0.05) is 6.42 Å². The van der Waals surface area contributed by atoms with E-state index >= 15 is 0 Å². The predicted molar refractivity (Wildman–Crippen MR) is 87.2 cm³/mol. The first-order valence-corrected chi connectivity index (χ1v) is 8.39. The molecule has 2 N–H and O–H groups in total. The number of aryl methyl sites for hydroxylation is 2. The minimum Gasteiger partial charge on any atom is -0.476 e. The number of carbonyl (C=O) groups excluding carboxylic acids is 1. The number of rotatable bonds is 6. The number of hydrogen-bond donors (Lipinski definition) is 2. The van der Waals surface area contributed by atoms with Crippen molar-refractivity contribution in [1.82, 2.24) is 30.0 Å². The molecule has 3 rings (SSSR count). The van der Waals surface area contributed by atoms with Crippen molar-refractivity contribution < 1.29 is 14.7 Å². The number of aromatic nitrogens is 5. The highest BCUT2D eigenvalue weighted by molar-refractivity contribution is 5.92. The molecule has 0 aromatic carbocycles. The first-order valence-electron chi connectivity index (χ1n) is 8.39. The maximum absolute atomic E-state index is 12.0. The molecule has 1 amide bonds. The van der Waals surface area contributed by atoms with Gasteiger partial charge in [0.2, 0.25) is 0 Å². The second kappa shape index (κ2) is 7.82. The lowest BCUT2D eigenvalue weighted by Crippen LogP contribution is -2.26. The molecule has 0 aliphatic carbocycles. The summed E-state index contributed by atoms with van der Waals surface area (Å²) >= 11 is 0. The van der Waals surface area contributed by atoms with Crippen LogP contribution in [0.15, 0.2) is 12.4 Å². The van der Waals surface area contributed by atoms with E-state index in [0.29, 0.717) is 6.54 Å². The topological polar surface area (TPSA) is 123 Å². The van der Waals surface area contributed by atoms with Crippen LogP contribution in [-0.2, 0) is 19.4 Å². The Labute approximate surface area is 144 Å². The van der Waals surface area contributed by atoms with Crippen molar-refractivity contribution in [2.45, 2.75) is 45.1 Å². The molecule has 2 aromatic rings. The average Bonchev–Trinajstić information content (AvgIpc) is 2.85. The summed E-state index contributed by atoms with van der Waals surface area (Å²) < 4.78 is 2.20. The number of aromatic carboxylic acids is 1. The third kappa shape index (κ3) is 4.17. The Bertz CT molecular complexity index is 756. The first kappa shape index (κ1) is 17.0. The van der Waals surface area contributed by atoms with Crippen LogP contribution in [0.4, 0.5) is 0 Å². The monoisotopic (exact) mass is 344 g/mol. The van der Waals surface area contributed by atoms with Gasteiger partial charge in [0.05, 0.1) is 12.4 Å². The molecule has 0 atom stereocenters. The van der Waals surface area contributed by atoms with E-state index < -0.39 is 5.97 Å². The summed E-state index contributed by atoms with van der Waals surface area (Å²) in [4.78, 5) is 30.2. The van der Waals surface area contributed by atoms with Crippen LogP contribution in [-0.4, -0.2) is 48.3 Å². The summed E-state index contributed by atoms with van der Waals surface area (Å²) in [7, 11) is 0. The van der Waals surface area contributed by atoms with E-state index in [2.05, 4.69) is 30.0 Å². The molecule has 3 heterocycles. The number of carbonyl (C=O) groups is 2. The SMILES string of the molecule is O=C(O)c1cnc(C(=O)NCCCc2nnc3n2CCCCC3)cn1. The molecule has 1 aliphatic rings. The molecule has 9 heteroatoms. The number of nitrogens with one attached hydrogen (secondary N) is 1. The molecule has 0 radical (unpaired) electrons. The zero-order valence-corrected chi connectivity index (χ0v) is 13.8. The Morgan fingerprint density at radius 3 is 2.68 bits per heavy atom. The maximum atomic E-state index is 12.0. The molecule has 0 saturated carbocycles. The average molecular weight is 344 g/mol. The summed E-state index contributed by atoms with van der Waals surface area (Å²) in [6.45, 7) is 1.44. The summed E-state index contributed by atoms with van der Waals surface area (Å²) in [6, 6.07) is 0. The summed E-state index contributed by atoms with van der Waals surface area (Å²) in [6.07, 6.45) is 8.24. The fourth-order valence-electron chi connectivity index (χ4n) is 2.82. The van der Waals surface area contributed by atoms with E-state index in [0.717, 1.165) is 62.7 Å². The molecular weight excluding hydrogens is 324 g/mol. The zero-order valence-electron chi connectivity index (χ0n) is 13.8. The molecule has 0 fully saturated rings. The Kier molecular flexibility index (Phi) is 5.32. The molecule has 0 saturated heterocycles. The van der Waals surface area contributed by atoms with E-state index in [-0.39, 0.29) is 17.3 Å². The van der Waals surface area contributed by atoms with E-state index in [1.807, 2.05) is 0 Å². The minimum atomic E-state index is -1.17. The Morgan fingerprint density at radius 2 is 1.92 bits per heavy atom. The lowest BCUT2D eigenvalue weighted by Gasteiger charge is -2.07. The van der Waals surface area contributed by atoms with E-state index in [1.54, 1.807) is 0 Å². The standard InChI is InChI=1S/C16H20N6O3/c23-15(11-9-19-12(10-18-11)16(24)25)17-7-4-6-14-21-20-13-5-2-1-3-8-22(13)14/h9-10H,1-8H2,(H,17,23)(H,24,25). The normalized spacial score (nSPS) is 13.8. The van der Waals surface area contributed by atoms with Crippen LogP contribution in [0.3, 0.4) is 0 Å². The first-order chi connectivity index (χ1) is 12.1. The van der Waals surface area contributed by atoms with Crippen LogP contribution < -0.4 is 5.32 Å². The molecule has 132 valence electrons. The molecule has 2 aromatic heterocycles. The van der Waals surface area contributed by atoms with Crippen molar-refractivity contribution in [3.63, 3.8) is 0 Å². The summed E-state index contributed by atoms with van der Waals surface area (Å²) in [5, 5.41) is 20.0. The lowest BCUT2D eigenvalue weighted by atomic mass is 10.2. The van der Waals surface area contributed by atoms with Gasteiger partial charge in [0.25, 0.3) is 5.91 Å². The smallest absolute Gasteiger partial charge is 0.356 e. The second-order valence-corrected chi connectivity index (χ2v) is 5.95. The predicted octanol–water partition coefficient (Wildman–Crippen LogP) is 0.855. The summed E-state index contributed by atoms with van der Waals surface area (Å²) in [5.74, 6) is 0.485. The second-order valence-electron chi connectivity index (χ2n) is 5.95. The van der Waals surface area contributed by atoms with Crippen LogP contribution in [0.2, 0.25) is 0 Å². The lowest BCUT2D eigenvalue weighted by molar-refractivity contribution is 0.0689. The fraction of sp³-hybridized carbons (Fsp3) is 0.500. The number of hydrogen-bond acceptors (Lipinski definition) is 6. The van der Waals surface area contributed by atoms with Gasteiger partial charge < -0.3 is 15.0 Å². The van der Waals surface area contributed by atoms with Crippen LogP contribution in [0.25, 0.3) is 0 Å². The number of fused-ring (bicyclic) bond motifs is 1. The highest BCUT2D eigenvalue weighted by Gasteiger charge is 2.14. The molecule has 9 nitrogen and oxygen atoms in total. The highest BCUT2D eigenvalue weighted by atomic mass is 16.4. The van der Waals surface area contributed by atoms with Gasteiger partial charge in [-0.05, 0) is 19.3 Å². The van der Waals surface area contributed by atoms with Gasteiger partial charge in [-0.3, -0.25) is 4.79 Å². The molecule has 1 aliphatic heterocycles. The minimum absolute atomic E-state index is 0.0985. The van der Waals surface area contributed by atoms with E-state index in [1.165, 1.54) is 6.42 Å². The van der Waals surface area contributed by atoms with Gasteiger partial charge in [0.15, 0.2) is 5.69 Å². The van der Waals surface area contributed by atoms with E-state index in [9.17, 15) is 9.59 Å². The van der Waals surface area contributed by atoms with E-state index in [4.69, 9.17) is 5.11 Å². The van der Waals surface area contributed by atoms with Crippen molar-refractivity contribution >= 4 is 11.9 Å². The Hall–Kier alpha value is -2.84. The van der Waals surface area contributed by atoms with Crippen molar-refractivity contribution in [3.05, 3.63) is 35.4 Å². The van der Waals surface area contributed by atoms with Crippen LogP contribution in [0, 0.1) is 0 Å². The van der Waals surface area contributed by atoms with Gasteiger partial charge in [0, 0.05) is 25.9 Å². The van der Waals surface area contributed by atoms with Crippen molar-refractivity contribution in [2.75, 3.05) is 6.54 Å². The molecular formula is C16H20N6O3. The van der Waals surface area contributed by atoms with Crippen LogP contribution >= 0.6 is 0 Å². The molecule has 0 bridgehead atoms. The molecule has 0 spiro atoms. The number of amides is 1. The molecule has 0 unspecified atom stereocenters. The van der Waals surface area contributed by atoms with Gasteiger partial charge in [-0.25, -0.2) is 14.8 Å². The van der Waals surface area contributed by atoms with Gasteiger partial charge in [0.1, 0.15) is 17.3 Å². The third-order valence-electron chi connectivity index (χ3n) is 4.15. The quantitative estimate of drug-likeness (QED) is 0.745. The van der Waals surface area contributed by atoms with Crippen LogP contribution in [0.1, 0.15) is 58.3 Å². The largest absolute Gasteiger partial charge is 0.476 e. The van der Waals surface area contributed by atoms with Gasteiger partial charge in [-0.15, -0.1) is 10.2 Å². The van der Waals surface area contributed by atoms with Crippen molar-refractivity contribution in [1.29, 1.82) is 0 Å². The maximum Gasteiger partial charge on any atom is 0.356 e. The summed E-state index contributed by atoms with van der Waals surface area (Å²) in [5.41, 5.74) is -0.0922. The fourth-order valence-corrected chi connectivity index (χ4v) is 2.82. The van der Waals surface area contributed by atoms with Gasteiger partial charge >= 0.3 is 5.97 Å². The number of carboxylic acid groups (broad SMARTS) is 1. The Morgan fingerprint density at radius 1 is 1.12 bits per heavy atom. The van der Waals surface area contributed by atoms with Gasteiger partial charge in [-0.2, -0.15) is 0 Å².